The van der Waals surface area contributed by atoms with E-state index in [0.29, 0.717) is 22.3 Å². The molecule has 1 aromatic heterocycles. The molecule has 1 N–H and O–H groups in total. The lowest BCUT2D eigenvalue weighted by Crippen LogP contribution is -2.39. The second kappa shape index (κ2) is 9.89. The summed E-state index contributed by atoms with van der Waals surface area (Å²) < 4.78 is 53.6. The number of halogens is 5. The van der Waals surface area contributed by atoms with Crippen LogP contribution in [0.15, 0.2) is 41.2 Å². The van der Waals surface area contributed by atoms with Crippen molar-refractivity contribution in [1.82, 2.24) is 15.0 Å². The number of nitrogens with one attached hydrogen (secondary N) is 1. The predicted molar refractivity (Wildman–Crippen MR) is 126 cm³/mol. The van der Waals surface area contributed by atoms with Crippen LogP contribution in [0.1, 0.15) is 51.2 Å². The molecule has 3 rings (SSSR count). The average molecular weight is 510 g/mol. The number of aromatic nitrogens is 3. The molecule has 35 heavy (non-hydrogen) atoms. The molecule has 0 saturated heterocycles. The van der Waals surface area contributed by atoms with Crippen LogP contribution in [-0.4, -0.2) is 26.9 Å². The van der Waals surface area contributed by atoms with Gasteiger partial charge in [0.05, 0.1) is 5.02 Å². The summed E-state index contributed by atoms with van der Waals surface area (Å²) in [5.41, 5.74) is -1.42. The van der Waals surface area contributed by atoms with Crippen LogP contribution in [0.2, 0.25) is 5.02 Å². The van der Waals surface area contributed by atoms with Crippen molar-refractivity contribution in [1.29, 1.82) is 0 Å². The van der Waals surface area contributed by atoms with E-state index < -0.39 is 23.1 Å². The smallest absolute Gasteiger partial charge is 0.299 e. The zero-order valence-corrected chi connectivity index (χ0v) is 20.3. The highest BCUT2D eigenvalue weighted by atomic mass is 35.5. The van der Waals surface area contributed by atoms with Crippen LogP contribution in [0, 0.1) is 11.2 Å². The first-order valence-corrected chi connectivity index (χ1v) is 11.3. The molecular weight excluding hydrogens is 486 g/mol. The van der Waals surface area contributed by atoms with Gasteiger partial charge in [0.1, 0.15) is 22.8 Å². The van der Waals surface area contributed by atoms with E-state index in [-0.39, 0.29) is 41.2 Å². The molecule has 0 bridgehead atoms. The number of hydrogen-bond acceptors (Lipinski definition) is 4. The van der Waals surface area contributed by atoms with Crippen molar-refractivity contribution in [3.8, 4) is 22.8 Å². The summed E-state index contributed by atoms with van der Waals surface area (Å²) in [5.74, 6) is -1.27. The van der Waals surface area contributed by atoms with Gasteiger partial charge in [0.15, 0.2) is 5.82 Å². The van der Waals surface area contributed by atoms with Gasteiger partial charge in [0.25, 0.3) is 0 Å². The number of rotatable bonds is 7. The Hall–Kier alpha value is -3.07. The molecule has 0 saturated carbocycles. The number of aromatic amines is 1. The third-order valence-electron chi connectivity index (χ3n) is 5.86. The molecule has 0 aliphatic carbocycles. The highest BCUT2D eigenvalue weighted by molar-refractivity contribution is 6.33. The summed E-state index contributed by atoms with van der Waals surface area (Å²) in [6.07, 6.45) is -4.94. The van der Waals surface area contributed by atoms with Crippen molar-refractivity contribution in [2.75, 3.05) is 0 Å². The fraction of sp³-hybridized carbons (Fsp3) is 0.360. The molecular formula is C25H24ClF4N3O2. The maximum Gasteiger partial charge on any atom is 0.400 e. The third kappa shape index (κ3) is 5.78. The van der Waals surface area contributed by atoms with E-state index in [2.05, 4.69) is 15.0 Å². The lowest BCUT2D eigenvalue weighted by molar-refractivity contribution is -0.210. The molecule has 0 radical (unpaired) electrons. The summed E-state index contributed by atoms with van der Waals surface area (Å²) in [7, 11) is 0. The first-order chi connectivity index (χ1) is 16.2. The van der Waals surface area contributed by atoms with Crippen molar-refractivity contribution < 1.29 is 22.4 Å². The number of hydrogen-bond donors (Lipinski definition) is 1. The largest absolute Gasteiger partial charge is 0.400 e. The van der Waals surface area contributed by atoms with Gasteiger partial charge in [0.2, 0.25) is 0 Å². The quantitative estimate of drug-likeness (QED) is 0.369. The molecule has 186 valence electrons. The Labute approximate surface area is 204 Å². The first kappa shape index (κ1) is 26.5. The van der Waals surface area contributed by atoms with Gasteiger partial charge >= 0.3 is 11.9 Å². The number of aryl methyl sites for hydroxylation is 1. The minimum Gasteiger partial charge on any atom is -0.299 e. The van der Waals surface area contributed by atoms with E-state index in [9.17, 15) is 27.2 Å². The van der Waals surface area contributed by atoms with Crippen LogP contribution < -0.4 is 5.69 Å². The minimum absolute atomic E-state index is 0.0421. The summed E-state index contributed by atoms with van der Waals surface area (Å²) >= 11 is 6.32. The lowest BCUT2D eigenvalue weighted by Gasteiger charge is -2.26. The SMILES string of the molecule is CC(C)c1cc(-c2nc(-c3cc(CCC(=O)C(C)(C)C(F)(F)F)ccc3Cl)[nH]c(=O)n2)ccc1F. The van der Waals surface area contributed by atoms with Crippen LogP contribution in [0.3, 0.4) is 0 Å². The van der Waals surface area contributed by atoms with Gasteiger partial charge in [-0.2, -0.15) is 18.2 Å². The number of ketones is 1. The van der Waals surface area contributed by atoms with Gasteiger partial charge in [-0.3, -0.25) is 9.78 Å². The molecule has 5 nitrogen and oxygen atoms in total. The molecule has 10 heteroatoms. The Morgan fingerprint density at radius 2 is 1.77 bits per heavy atom. The second-order valence-electron chi connectivity index (χ2n) is 9.08. The van der Waals surface area contributed by atoms with E-state index in [1.807, 2.05) is 13.8 Å². The molecule has 0 unspecified atom stereocenters. The number of benzene rings is 2. The second-order valence-corrected chi connectivity index (χ2v) is 9.48. The topological polar surface area (TPSA) is 75.7 Å². The number of Topliss-reactive ketones (excluding diaryl/α,β-unsaturated/α-hetero) is 1. The van der Waals surface area contributed by atoms with Crippen molar-refractivity contribution in [3.05, 3.63) is 68.8 Å². The Kier molecular flexibility index (Phi) is 7.50. The maximum absolute atomic E-state index is 14.1. The zero-order chi connectivity index (χ0) is 26.1. The highest BCUT2D eigenvalue weighted by Gasteiger charge is 2.51. The van der Waals surface area contributed by atoms with Crippen LogP contribution in [0.5, 0.6) is 0 Å². The van der Waals surface area contributed by atoms with Crippen LogP contribution in [-0.2, 0) is 11.2 Å². The average Bonchev–Trinajstić information content (AvgIpc) is 2.77. The van der Waals surface area contributed by atoms with E-state index in [4.69, 9.17) is 11.6 Å². The van der Waals surface area contributed by atoms with Gasteiger partial charge in [0, 0.05) is 17.5 Å². The monoisotopic (exact) mass is 509 g/mol. The maximum atomic E-state index is 14.1. The minimum atomic E-state index is -4.65. The molecule has 1 heterocycles. The Balaban J connectivity index is 1.95. The summed E-state index contributed by atoms with van der Waals surface area (Å²) in [6, 6.07) is 8.98. The molecule has 0 aliphatic rings. The summed E-state index contributed by atoms with van der Waals surface area (Å²) in [6.45, 7) is 5.38. The van der Waals surface area contributed by atoms with Gasteiger partial charge in [-0.1, -0.05) is 31.5 Å². The normalized spacial score (nSPS) is 12.3. The number of carbonyl (C=O) groups excluding carboxylic acids is 1. The van der Waals surface area contributed by atoms with Crippen LogP contribution in [0.4, 0.5) is 17.6 Å². The van der Waals surface area contributed by atoms with E-state index in [0.717, 1.165) is 13.8 Å². The highest BCUT2D eigenvalue weighted by Crippen LogP contribution is 2.39. The van der Waals surface area contributed by atoms with Gasteiger partial charge in [-0.25, -0.2) is 14.2 Å². The van der Waals surface area contributed by atoms with E-state index in [1.54, 1.807) is 18.2 Å². The van der Waals surface area contributed by atoms with Crippen molar-refractivity contribution in [2.24, 2.45) is 5.41 Å². The Morgan fingerprint density at radius 1 is 1.09 bits per heavy atom. The molecule has 3 aromatic rings. The predicted octanol–water partition coefficient (Wildman–Crippen LogP) is 6.51. The molecule has 0 aliphatic heterocycles. The number of alkyl halides is 3. The first-order valence-electron chi connectivity index (χ1n) is 10.9. The lowest BCUT2D eigenvalue weighted by atomic mass is 9.84. The Bertz CT molecular complexity index is 1320. The fourth-order valence-corrected chi connectivity index (χ4v) is 3.61. The van der Waals surface area contributed by atoms with E-state index >= 15 is 0 Å². The molecule has 0 atom stereocenters. The van der Waals surface area contributed by atoms with Gasteiger partial charge in [-0.05, 0) is 67.6 Å². The fourth-order valence-electron chi connectivity index (χ4n) is 3.40. The van der Waals surface area contributed by atoms with Crippen LogP contribution >= 0.6 is 11.6 Å². The molecule has 0 spiro atoms. The van der Waals surface area contributed by atoms with Crippen molar-refractivity contribution in [3.63, 3.8) is 0 Å². The molecule has 0 fully saturated rings. The third-order valence-corrected chi connectivity index (χ3v) is 6.19. The van der Waals surface area contributed by atoms with Crippen molar-refractivity contribution >= 4 is 17.4 Å². The van der Waals surface area contributed by atoms with Crippen LogP contribution in [0.25, 0.3) is 22.8 Å². The summed E-state index contributed by atoms with van der Waals surface area (Å²) in [5, 5.41) is 0.234. The standard InChI is InChI=1S/C25H24ClF4N3O2/c1-13(2)16-12-15(7-9-19(16)27)21-31-22(33-23(35)32-21)17-11-14(5-8-18(17)26)6-10-20(34)24(3,4)25(28,29)30/h5,7-9,11-13H,6,10H2,1-4H3,(H,31,32,33,35). The molecule has 0 amide bonds. The van der Waals surface area contributed by atoms with Crippen molar-refractivity contribution in [2.45, 2.75) is 52.6 Å². The number of carbonyl (C=O) groups is 1. The van der Waals surface area contributed by atoms with Gasteiger partial charge in [-0.15, -0.1) is 0 Å². The zero-order valence-electron chi connectivity index (χ0n) is 19.6. The van der Waals surface area contributed by atoms with Gasteiger partial charge < -0.3 is 0 Å². The Morgan fingerprint density at radius 3 is 2.40 bits per heavy atom. The molecule has 2 aromatic carbocycles. The number of H-pyrrole nitrogens is 1. The van der Waals surface area contributed by atoms with E-state index in [1.165, 1.54) is 18.2 Å². The summed E-state index contributed by atoms with van der Waals surface area (Å²) in [4.78, 5) is 35.3. The number of nitrogens with zero attached hydrogens (tertiary/aromatic N) is 2.